The number of amides is 1. The molecule has 2 aliphatic heterocycles. The number of alkyl carbamates (subject to hydrolysis) is 1. The third-order valence-electron chi connectivity index (χ3n) is 4.53. The van der Waals surface area contributed by atoms with E-state index in [1.54, 1.807) is 0 Å². The highest BCUT2D eigenvalue weighted by Crippen LogP contribution is 2.25. The summed E-state index contributed by atoms with van der Waals surface area (Å²) < 4.78 is 5.47. The Morgan fingerprint density at radius 2 is 2.21 bits per heavy atom. The Bertz CT molecular complexity index is 632. The Morgan fingerprint density at radius 3 is 3.00 bits per heavy atom. The van der Waals surface area contributed by atoms with Crippen molar-refractivity contribution in [3.05, 3.63) is 21.6 Å². The van der Waals surface area contributed by atoms with Crippen molar-refractivity contribution in [2.24, 2.45) is 5.92 Å². The van der Waals surface area contributed by atoms with E-state index in [4.69, 9.17) is 16.3 Å². The molecule has 24 heavy (non-hydrogen) atoms. The average Bonchev–Trinajstić information content (AvgIpc) is 3.04. The van der Waals surface area contributed by atoms with E-state index in [0.29, 0.717) is 37.7 Å². The summed E-state index contributed by atoms with van der Waals surface area (Å²) in [6.07, 6.45) is 3.77. The highest BCUT2D eigenvalue weighted by molar-refractivity contribution is 6.33. The van der Waals surface area contributed by atoms with Crippen LogP contribution < -0.4 is 21.1 Å². The third-order valence-corrected chi connectivity index (χ3v) is 4.90. The normalized spacial score (nSPS) is 21.7. The zero-order chi connectivity index (χ0) is 16.9. The van der Waals surface area contributed by atoms with Crippen LogP contribution >= 0.6 is 11.6 Å². The Balaban J connectivity index is 1.46. The molecular formula is C15H22ClN5O3. The minimum Gasteiger partial charge on any atom is -0.444 e. The van der Waals surface area contributed by atoms with Crippen LogP contribution in [-0.4, -0.2) is 55.1 Å². The lowest BCUT2D eigenvalue weighted by atomic mass is 9.98. The molecule has 9 heteroatoms. The summed E-state index contributed by atoms with van der Waals surface area (Å²) >= 11 is 6.01. The second-order valence-electron chi connectivity index (χ2n) is 6.23. The predicted octanol–water partition coefficient (Wildman–Crippen LogP) is 0.728. The maximum absolute atomic E-state index is 11.9. The summed E-state index contributed by atoms with van der Waals surface area (Å²) in [5, 5.41) is 12.3. The Kier molecular flexibility index (Phi) is 5.57. The highest BCUT2D eigenvalue weighted by atomic mass is 35.5. The highest BCUT2D eigenvalue weighted by Gasteiger charge is 2.28. The van der Waals surface area contributed by atoms with E-state index in [9.17, 15) is 9.59 Å². The molecule has 0 aromatic carbocycles. The van der Waals surface area contributed by atoms with E-state index in [1.807, 2.05) is 4.90 Å². The van der Waals surface area contributed by atoms with Crippen molar-refractivity contribution in [3.8, 4) is 0 Å². The molecule has 3 N–H and O–H groups in total. The van der Waals surface area contributed by atoms with Gasteiger partial charge in [0.2, 0.25) is 0 Å². The van der Waals surface area contributed by atoms with Crippen molar-refractivity contribution >= 4 is 23.4 Å². The molecule has 0 unspecified atom stereocenters. The Morgan fingerprint density at radius 1 is 1.42 bits per heavy atom. The molecule has 0 aliphatic carbocycles. The monoisotopic (exact) mass is 355 g/mol. The predicted molar refractivity (Wildman–Crippen MR) is 90.6 cm³/mol. The maximum atomic E-state index is 11.9. The number of nitrogens with one attached hydrogen (secondary N) is 3. The number of ether oxygens (including phenoxy) is 1. The SMILES string of the molecule is O=C(NCC1CCNCC1)O[C@@H]1CCN(c2cn[nH]c(=O)c2Cl)C1. The summed E-state index contributed by atoms with van der Waals surface area (Å²) in [7, 11) is 0. The van der Waals surface area contributed by atoms with Gasteiger partial charge >= 0.3 is 6.09 Å². The van der Waals surface area contributed by atoms with Gasteiger partial charge < -0.3 is 20.3 Å². The second-order valence-corrected chi connectivity index (χ2v) is 6.61. The molecule has 2 aliphatic rings. The lowest BCUT2D eigenvalue weighted by molar-refractivity contribution is 0.106. The van der Waals surface area contributed by atoms with Crippen molar-refractivity contribution in [1.82, 2.24) is 20.8 Å². The molecule has 132 valence electrons. The van der Waals surface area contributed by atoms with Crippen LogP contribution in [0.3, 0.4) is 0 Å². The van der Waals surface area contributed by atoms with Crippen LogP contribution in [-0.2, 0) is 4.74 Å². The number of hydrogen-bond acceptors (Lipinski definition) is 6. The van der Waals surface area contributed by atoms with Crippen LogP contribution in [0.1, 0.15) is 19.3 Å². The number of hydrogen-bond donors (Lipinski definition) is 3. The molecule has 8 nitrogen and oxygen atoms in total. The third kappa shape index (κ3) is 4.18. The number of anilines is 1. The van der Waals surface area contributed by atoms with Crippen molar-refractivity contribution < 1.29 is 9.53 Å². The molecule has 3 heterocycles. The molecule has 0 radical (unpaired) electrons. The molecule has 0 spiro atoms. The van der Waals surface area contributed by atoms with Crippen molar-refractivity contribution in [2.45, 2.75) is 25.4 Å². The fourth-order valence-corrected chi connectivity index (χ4v) is 3.35. The van der Waals surface area contributed by atoms with Gasteiger partial charge in [-0.1, -0.05) is 11.6 Å². The van der Waals surface area contributed by atoms with Gasteiger partial charge in [-0.3, -0.25) is 4.79 Å². The first-order chi connectivity index (χ1) is 11.6. The van der Waals surface area contributed by atoms with Gasteiger partial charge in [-0.15, -0.1) is 0 Å². The lowest BCUT2D eigenvalue weighted by Crippen LogP contribution is -2.37. The largest absolute Gasteiger partial charge is 0.444 e. The molecule has 1 atom stereocenters. The number of aromatic nitrogens is 2. The van der Waals surface area contributed by atoms with E-state index < -0.39 is 5.56 Å². The van der Waals surface area contributed by atoms with Crippen LogP contribution in [0.5, 0.6) is 0 Å². The number of carbonyl (C=O) groups is 1. The maximum Gasteiger partial charge on any atom is 0.407 e. The van der Waals surface area contributed by atoms with Gasteiger partial charge in [0.05, 0.1) is 18.4 Å². The number of H-pyrrole nitrogens is 1. The summed E-state index contributed by atoms with van der Waals surface area (Å²) in [5.74, 6) is 0.514. The zero-order valence-corrected chi connectivity index (χ0v) is 14.1. The molecule has 1 aromatic rings. The van der Waals surface area contributed by atoms with Crippen LogP contribution in [0.4, 0.5) is 10.5 Å². The molecule has 2 saturated heterocycles. The van der Waals surface area contributed by atoms with Crippen molar-refractivity contribution in [3.63, 3.8) is 0 Å². The van der Waals surface area contributed by atoms with Gasteiger partial charge in [-0.2, -0.15) is 5.10 Å². The number of rotatable bonds is 4. The fourth-order valence-electron chi connectivity index (χ4n) is 3.14. The van der Waals surface area contributed by atoms with Crippen LogP contribution in [0, 0.1) is 5.92 Å². The van der Waals surface area contributed by atoms with Crippen LogP contribution in [0.2, 0.25) is 5.02 Å². The lowest BCUT2D eigenvalue weighted by Gasteiger charge is -2.23. The van der Waals surface area contributed by atoms with Crippen LogP contribution in [0.15, 0.2) is 11.0 Å². The molecular weight excluding hydrogens is 334 g/mol. The number of aromatic amines is 1. The first-order valence-electron chi connectivity index (χ1n) is 8.27. The van der Waals surface area contributed by atoms with Gasteiger partial charge in [-0.05, 0) is 31.8 Å². The quantitative estimate of drug-likeness (QED) is 0.736. The molecule has 0 saturated carbocycles. The van der Waals surface area contributed by atoms with E-state index in [-0.39, 0.29) is 17.2 Å². The van der Waals surface area contributed by atoms with Gasteiger partial charge in [0.25, 0.3) is 5.56 Å². The smallest absolute Gasteiger partial charge is 0.407 e. The van der Waals surface area contributed by atoms with Gasteiger partial charge in [-0.25, -0.2) is 9.89 Å². The van der Waals surface area contributed by atoms with Crippen LogP contribution in [0.25, 0.3) is 0 Å². The topological polar surface area (TPSA) is 99.3 Å². The van der Waals surface area contributed by atoms with Gasteiger partial charge in [0.1, 0.15) is 11.1 Å². The van der Waals surface area contributed by atoms with Crippen molar-refractivity contribution in [2.75, 3.05) is 37.6 Å². The van der Waals surface area contributed by atoms with Gasteiger partial charge in [0.15, 0.2) is 0 Å². The van der Waals surface area contributed by atoms with Gasteiger partial charge in [0, 0.05) is 19.5 Å². The van der Waals surface area contributed by atoms with E-state index in [2.05, 4.69) is 20.8 Å². The summed E-state index contributed by atoms with van der Waals surface area (Å²) in [4.78, 5) is 25.4. The number of carbonyl (C=O) groups excluding carboxylic acids is 1. The summed E-state index contributed by atoms with van der Waals surface area (Å²) in [5.41, 5.74) is 0.153. The standard InChI is InChI=1S/C15H22ClN5O3/c16-13-12(8-19-20-14(13)22)21-6-3-11(9-21)24-15(23)18-7-10-1-4-17-5-2-10/h8,10-11,17H,1-7,9H2,(H,18,23)(H,20,22)/t11-/m1/s1. The first-order valence-corrected chi connectivity index (χ1v) is 8.64. The molecule has 1 amide bonds. The molecule has 2 fully saturated rings. The Hall–Kier alpha value is -1.80. The molecule has 3 rings (SSSR count). The van der Waals surface area contributed by atoms with E-state index in [1.165, 1.54) is 6.20 Å². The minimum absolute atomic E-state index is 0.112. The van der Waals surface area contributed by atoms with E-state index in [0.717, 1.165) is 25.9 Å². The average molecular weight is 356 g/mol. The number of nitrogens with zero attached hydrogens (tertiary/aromatic N) is 2. The number of piperidine rings is 1. The summed E-state index contributed by atoms with van der Waals surface area (Å²) in [6.45, 7) is 3.83. The number of halogens is 1. The Labute approximate surface area is 144 Å². The minimum atomic E-state index is -0.418. The second kappa shape index (κ2) is 7.85. The molecule has 1 aromatic heterocycles. The van der Waals surface area contributed by atoms with Crippen molar-refractivity contribution in [1.29, 1.82) is 0 Å². The van der Waals surface area contributed by atoms with E-state index >= 15 is 0 Å². The fraction of sp³-hybridized carbons (Fsp3) is 0.667. The summed E-state index contributed by atoms with van der Waals surface area (Å²) in [6, 6.07) is 0. The first kappa shape index (κ1) is 17.0. The molecule has 0 bridgehead atoms. The zero-order valence-electron chi connectivity index (χ0n) is 13.4.